The largest absolute Gasteiger partial charge is 0.386 e. The second kappa shape index (κ2) is 4.34. The van der Waals surface area contributed by atoms with Gasteiger partial charge in [-0.1, -0.05) is 25.1 Å². The second-order valence-electron chi connectivity index (χ2n) is 5.67. The van der Waals surface area contributed by atoms with E-state index in [1.165, 1.54) is 6.07 Å². The summed E-state index contributed by atoms with van der Waals surface area (Å²) >= 11 is 0. The van der Waals surface area contributed by atoms with Crippen molar-refractivity contribution in [3.8, 4) is 6.07 Å². The molecule has 0 amide bonds. The zero-order chi connectivity index (χ0) is 14.3. The van der Waals surface area contributed by atoms with Gasteiger partial charge in [0.25, 0.3) is 0 Å². The van der Waals surface area contributed by atoms with Crippen LogP contribution in [0.3, 0.4) is 0 Å². The fraction of sp³-hybridized carbons (Fsp3) is 0.467. The fourth-order valence-electron chi connectivity index (χ4n) is 2.70. The van der Waals surface area contributed by atoms with Crippen molar-refractivity contribution in [1.29, 1.82) is 5.26 Å². The Balaban J connectivity index is 2.58. The first-order chi connectivity index (χ1) is 8.83. The van der Waals surface area contributed by atoms with Crippen molar-refractivity contribution >= 4 is 5.84 Å². The fourth-order valence-corrected chi connectivity index (χ4v) is 2.70. The Bertz CT molecular complexity index is 575. The van der Waals surface area contributed by atoms with Crippen LogP contribution >= 0.6 is 0 Å². The van der Waals surface area contributed by atoms with E-state index in [4.69, 9.17) is 5.73 Å². The first-order valence-corrected chi connectivity index (χ1v) is 6.35. The van der Waals surface area contributed by atoms with E-state index in [-0.39, 0.29) is 11.7 Å². The first-order valence-electron chi connectivity index (χ1n) is 6.35. The lowest BCUT2D eigenvalue weighted by atomic mass is 9.68. The third-order valence-electron chi connectivity index (χ3n) is 4.26. The number of hydrogen-bond donors (Lipinski definition) is 1. The average Bonchev–Trinajstić information content (AvgIpc) is 2.37. The summed E-state index contributed by atoms with van der Waals surface area (Å²) in [5.41, 5.74) is 5.01. The summed E-state index contributed by atoms with van der Waals surface area (Å²) in [5, 5.41) is 9.25. The Kier molecular flexibility index (Phi) is 3.09. The molecular formula is C15H18FN3. The van der Waals surface area contributed by atoms with Gasteiger partial charge in [0.15, 0.2) is 0 Å². The lowest BCUT2D eigenvalue weighted by Crippen LogP contribution is -2.46. The molecule has 3 nitrogen and oxygen atoms in total. The van der Waals surface area contributed by atoms with Gasteiger partial charge in [-0.2, -0.15) is 5.26 Å². The number of aliphatic imine (C=N–C) groups is 1. The van der Waals surface area contributed by atoms with Crippen LogP contribution < -0.4 is 5.73 Å². The van der Waals surface area contributed by atoms with Crippen molar-refractivity contribution in [1.82, 2.24) is 0 Å². The van der Waals surface area contributed by atoms with E-state index in [0.29, 0.717) is 17.8 Å². The highest BCUT2D eigenvalue weighted by Gasteiger charge is 2.46. The Morgan fingerprint density at radius 3 is 2.63 bits per heavy atom. The lowest BCUT2D eigenvalue weighted by Gasteiger charge is -2.41. The molecule has 0 aromatic heterocycles. The van der Waals surface area contributed by atoms with Crippen molar-refractivity contribution in [3.05, 3.63) is 35.6 Å². The molecule has 1 aliphatic rings. The minimum Gasteiger partial charge on any atom is -0.386 e. The zero-order valence-electron chi connectivity index (χ0n) is 11.4. The quantitative estimate of drug-likeness (QED) is 0.842. The molecule has 19 heavy (non-hydrogen) atoms. The number of nitrogens with two attached hydrogens (primary N) is 1. The molecule has 0 bridgehead atoms. The van der Waals surface area contributed by atoms with Gasteiger partial charge in [-0.3, -0.25) is 4.99 Å². The molecule has 0 spiro atoms. The molecule has 3 atom stereocenters. The molecule has 0 fully saturated rings. The van der Waals surface area contributed by atoms with Gasteiger partial charge in [0.05, 0.1) is 11.6 Å². The van der Waals surface area contributed by atoms with Crippen LogP contribution in [0.15, 0.2) is 29.3 Å². The molecular weight excluding hydrogens is 241 g/mol. The maximum Gasteiger partial charge on any atom is 0.128 e. The van der Waals surface area contributed by atoms with Crippen LogP contribution in [0.25, 0.3) is 0 Å². The number of nitrogens with zero attached hydrogens (tertiary/aromatic N) is 2. The molecule has 100 valence electrons. The second-order valence-corrected chi connectivity index (χ2v) is 5.67. The minimum absolute atomic E-state index is 0.0290. The molecule has 2 unspecified atom stereocenters. The van der Waals surface area contributed by atoms with Gasteiger partial charge < -0.3 is 5.73 Å². The average molecular weight is 259 g/mol. The highest BCUT2D eigenvalue weighted by Crippen LogP contribution is 2.45. The van der Waals surface area contributed by atoms with Crippen molar-refractivity contribution in [3.63, 3.8) is 0 Å². The van der Waals surface area contributed by atoms with Gasteiger partial charge in [0.1, 0.15) is 17.1 Å². The van der Waals surface area contributed by atoms with E-state index in [1.807, 2.05) is 13.8 Å². The van der Waals surface area contributed by atoms with Gasteiger partial charge >= 0.3 is 0 Å². The van der Waals surface area contributed by atoms with Crippen LogP contribution in [0.2, 0.25) is 0 Å². The summed E-state index contributed by atoms with van der Waals surface area (Å²) in [4.78, 5) is 4.48. The summed E-state index contributed by atoms with van der Waals surface area (Å²) in [6, 6.07) is 8.82. The summed E-state index contributed by atoms with van der Waals surface area (Å²) in [5.74, 6) is 0.0363. The molecule has 0 radical (unpaired) electrons. The van der Waals surface area contributed by atoms with Gasteiger partial charge in [0, 0.05) is 5.56 Å². The van der Waals surface area contributed by atoms with Crippen molar-refractivity contribution in [2.24, 2.45) is 22.1 Å². The topological polar surface area (TPSA) is 62.2 Å². The van der Waals surface area contributed by atoms with Crippen molar-refractivity contribution in [2.45, 2.75) is 32.7 Å². The molecule has 2 rings (SSSR count). The predicted molar refractivity (Wildman–Crippen MR) is 72.9 cm³/mol. The van der Waals surface area contributed by atoms with Gasteiger partial charge in [-0.05, 0) is 32.3 Å². The highest BCUT2D eigenvalue weighted by molar-refractivity contribution is 5.90. The number of halogens is 1. The van der Waals surface area contributed by atoms with Crippen LogP contribution in [0, 0.1) is 28.5 Å². The molecule has 1 aliphatic heterocycles. The maximum atomic E-state index is 14.0. The molecule has 4 heteroatoms. The predicted octanol–water partition coefficient (Wildman–Crippen LogP) is 2.97. The number of nitriles is 1. The third kappa shape index (κ3) is 1.99. The van der Waals surface area contributed by atoms with Crippen LogP contribution in [0.5, 0.6) is 0 Å². The number of amidine groups is 1. The molecule has 2 N–H and O–H groups in total. The molecule has 1 aromatic rings. The molecule has 1 aromatic carbocycles. The standard InChI is InChI=1S/C15H18FN3/c1-10-8-14(2,9-17)13(18)19-15(10,3)11-6-4-5-7-12(11)16/h4-7,10H,8H2,1-3H3,(H2,18,19)/t10?,14?,15-/m0/s1. The van der Waals surface area contributed by atoms with Crippen LogP contribution in [0.1, 0.15) is 32.8 Å². The molecule has 0 saturated heterocycles. The van der Waals surface area contributed by atoms with E-state index in [9.17, 15) is 9.65 Å². The van der Waals surface area contributed by atoms with Crippen LogP contribution in [0.4, 0.5) is 4.39 Å². The Labute approximate surface area is 113 Å². The van der Waals surface area contributed by atoms with Gasteiger partial charge in [0.2, 0.25) is 0 Å². The highest BCUT2D eigenvalue weighted by atomic mass is 19.1. The first kappa shape index (κ1) is 13.5. The SMILES string of the molecule is CC1CC(C)(C#N)C(N)=N[C@]1(C)c1ccccc1F. The van der Waals surface area contributed by atoms with Crippen molar-refractivity contribution in [2.75, 3.05) is 0 Å². The van der Waals surface area contributed by atoms with E-state index >= 15 is 0 Å². The number of hydrogen-bond acceptors (Lipinski definition) is 3. The smallest absolute Gasteiger partial charge is 0.128 e. The molecule has 1 heterocycles. The third-order valence-corrected chi connectivity index (χ3v) is 4.26. The van der Waals surface area contributed by atoms with Crippen LogP contribution in [-0.2, 0) is 5.54 Å². The normalized spacial score (nSPS) is 34.5. The van der Waals surface area contributed by atoms with Gasteiger partial charge in [-0.15, -0.1) is 0 Å². The van der Waals surface area contributed by atoms with Crippen molar-refractivity contribution < 1.29 is 4.39 Å². The number of rotatable bonds is 1. The molecule has 0 saturated carbocycles. The summed E-state index contributed by atoms with van der Waals surface area (Å²) in [6.07, 6.45) is 0.573. The summed E-state index contributed by atoms with van der Waals surface area (Å²) < 4.78 is 14.0. The minimum atomic E-state index is -0.760. The monoisotopic (exact) mass is 259 g/mol. The van der Waals surface area contributed by atoms with E-state index in [2.05, 4.69) is 11.1 Å². The maximum absolute atomic E-state index is 14.0. The van der Waals surface area contributed by atoms with Crippen LogP contribution in [-0.4, -0.2) is 5.84 Å². The van der Waals surface area contributed by atoms with E-state index in [0.717, 1.165) is 0 Å². The van der Waals surface area contributed by atoms with E-state index in [1.54, 1.807) is 25.1 Å². The van der Waals surface area contributed by atoms with Gasteiger partial charge in [-0.25, -0.2) is 4.39 Å². The lowest BCUT2D eigenvalue weighted by molar-refractivity contribution is 0.238. The summed E-state index contributed by atoms with van der Waals surface area (Å²) in [7, 11) is 0. The number of benzene rings is 1. The molecule has 0 aliphatic carbocycles. The Morgan fingerprint density at radius 1 is 1.42 bits per heavy atom. The van der Waals surface area contributed by atoms with E-state index < -0.39 is 11.0 Å². The zero-order valence-corrected chi connectivity index (χ0v) is 11.4. The Morgan fingerprint density at radius 2 is 2.05 bits per heavy atom. The summed E-state index contributed by atoms with van der Waals surface area (Å²) in [6.45, 7) is 5.64. The Hall–Kier alpha value is -1.89.